The van der Waals surface area contributed by atoms with E-state index in [1.54, 1.807) is 69.5 Å². The van der Waals surface area contributed by atoms with E-state index in [4.69, 9.17) is 18.9 Å². The highest BCUT2D eigenvalue weighted by atomic mass is 32.1. The summed E-state index contributed by atoms with van der Waals surface area (Å²) in [5.74, 6) is 0.745. The number of thiazole rings is 1. The predicted molar refractivity (Wildman–Crippen MR) is 180 cm³/mol. The lowest BCUT2D eigenvalue weighted by Crippen LogP contribution is -2.40. The smallest absolute Gasteiger partial charge is 0.338 e. The second-order valence-corrected chi connectivity index (χ2v) is 12.1. The number of halogens is 1. The Labute approximate surface area is 276 Å². The van der Waals surface area contributed by atoms with Crippen molar-refractivity contribution in [3.8, 4) is 17.2 Å². The number of aromatic nitrogens is 1. The first-order chi connectivity index (χ1) is 22.6. The van der Waals surface area contributed by atoms with Crippen molar-refractivity contribution in [2.24, 2.45) is 4.99 Å². The zero-order chi connectivity index (χ0) is 33.7. The molecule has 0 bridgehead atoms. The van der Waals surface area contributed by atoms with Crippen molar-refractivity contribution in [3.05, 3.63) is 132 Å². The molecule has 0 aliphatic carbocycles. The average molecular weight is 657 g/mol. The summed E-state index contributed by atoms with van der Waals surface area (Å²) in [7, 11) is 1.54. The lowest BCUT2D eigenvalue weighted by atomic mass is 9.95. The third kappa shape index (κ3) is 7.23. The molecule has 2 heterocycles. The second-order valence-electron chi connectivity index (χ2n) is 11.1. The Morgan fingerprint density at radius 1 is 1.09 bits per heavy atom. The Bertz CT molecular complexity index is 2030. The van der Waals surface area contributed by atoms with Crippen molar-refractivity contribution in [1.29, 1.82) is 0 Å². The lowest BCUT2D eigenvalue weighted by molar-refractivity contribution is -0.139. The van der Waals surface area contributed by atoms with Crippen LogP contribution in [0, 0.1) is 5.82 Å². The molecule has 0 amide bonds. The van der Waals surface area contributed by atoms with Crippen molar-refractivity contribution < 1.29 is 28.1 Å². The second kappa shape index (κ2) is 14.6. The fraction of sp³-hybridized carbons (Fsp3) is 0.270. The van der Waals surface area contributed by atoms with Gasteiger partial charge in [-0.2, -0.15) is 0 Å². The minimum atomic E-state index is -0.806. The molecule has 0 unspecified atom stereocenters. The summed E-state index contributed by atoms with van der Waals surface area (Å²) in [6.07, 6.45) is 3.98. The van der Waals surface area contributed by atoms with Crippen LogP contribution in [0.3, 0.4) is 0 Å². The van der Waals surface area contributed by atoms with E-state index in [0.29, 0.717) is 49.8 Å². The third-order valence-electron chi connectivity index (χ3n) is 7.47. The summed E-state index contributed by atoms with van der Waals surface area (Å²) >= 11 is 1.23. The van der Waals surface area contributed by atoms with E-state index in [0.717, 1.165) is 11.1 Å². The molecule has 0 N–H and O–H groups in total. The molecule has 1 aliphatic rings. The Morgan fingerprint density at radius 2 is 1.85 bits per heavy atom. The van der Waals surface area contributed by atoms with Gasteiger partial charge in [-0.15, -0.1) is 6.58 Å². The van der Waals surface area contributed by atoms with Crippen molar-refractivity contribution in [2.75, 3.05) is 13.7 Å². The minimum absolute atomic E-state index is 0.0757. The van der Waals surface area contributed by atoms with Gasteiger partial charge in [-0.05, 0) is 87.2 Å². The number of rotatable bonds is 12. The van der Waals surface area contributed by atoms with Crippen LogP contribution in [0.15, 0.2) is 94.4 Å². The van der Waals surface area contributed by atoms with E-state index in [9.17, 15) is 14.0 Å². The average Bonchev–Trinajstić information content (AvgIpc) is 3.34. The van der Waals surface area contributed by atoms with Gasteiger partial charge in [0, 0.05) is 5.56 Å². The van der Waals surface area contributed by atoms with Crippen LogP contribution in [0.1, 0.15) is 56.0 Å². The zero-order valence-corrected chi connectivity index (χ0v) is 27.9. The first-order valence-electron chi connectivity index (χ1n) is 15.3. The molecular formula is C37H37FN2O6S. The van der Waals surface area contributed by atoms with Gasteiger partial charge in [0.1, 0.15) is 18.2 Å². The van der Waals surface area contributed by atoms with Gasteiger partial charge in [-0.25, -0.2) is 14.2 Å². The quantitative estimate of drug-likeness (QED) is 0.137. The number of carbonyl (C=O) groups excluding carboxylic acids is 1. The number of esters is 1. The molecule has 0 saturated heterocycles. The number of carbonyl (C=O) groups is 1. The monoisotopic (exact) mass is 656 g/mol. The van der Waals surface area contributed by atoms with Gasteiger partial charge in [-0.1, -0.05) is 47.7 Å². The molecule has 1 aromatic heterocycles. The van der Waals surface area contributed by atoms with Crippen LogP contribution in [0.2, 0.25) is 0 Å². The summed E-state index contributed by atoms with van der Waals surface area (Å²) in [6.45, 7) is 11.4. The Morgan fingerprint density at radius 3 is 2.55 bits per heavy atom. The number of hydrogen-bond donors (Lipinski definition) is 0. The summed E-state index contributed by atoms with van der Waals surface area (Å²) in [5.41, 5.74) is 3.13. The predicted octanol–water partition coefficient (Wildman–Crippen LogP) is 6.04. The number of hydrogen-bond acceptors (Lipinski definition) is 8. The topological polar surface area (TPSA) is 88.4 Å². The van der Waals surface area contributed by atoms with E-state index in [2.05, 4.69) is 11.6 Å². The van der Waals surface area contributed by atoms with Crippen LogP contribution < -0.4 is 29.1 Å². The highest BCUT2D eigenvalue weighted by Crippen LogP contribution is 2.36. The normalized spacial score (nSPS) is 14.4. The van der Waals surface area contributed by atoms with Crippen molar-refractivity contribution in [2.45, 2.75) is 52.9 Å². The number of methoxy groups -OCH3 is 1. The van der Waals surface area contributed by atoms with Gasteiger partial charge in [-0.3, -0.25) is 9.36 Å². The van der Waals surface area contributed by atoms with Crippen LogP contribution in [0.25, 0.3) is 6.08 Å². The molecule has 8 nitrogen and oxygen atoms in total. The van der Waals surface area contributed by atoms with Crippen molar-refractivity contribution in [3.63, 3.8) is 0 Å². The van der Waals surface area contributed by atoms with Gasteiger partial charge >= 0.3 is 5.97 Å². The number of nitrogens with zero attached hydrogens (tertiary/aromatic N) is 2. The van der Waals surface area contributed by atoms with Gasteiger partial charge in [0.25, 0.3) is 5.56 Å². The van der Waals surface area contributed by atoms with Crippen LogP contribution in [-0.2, 0) is 22.6 Å². The molecule has 47 heavy (non-hydrogen) atoms. The maximum Gasteiger partial charge on any atom is 0.338 e. The first kappa shape index (κ1) is 33.4. The molecule has 0 radical (unpaired) electrons. The largest absolute Gasteiger partial charge is 0.493 e. The van der Waals surface area contributed by atoms with E-state index in [-0.39, 0.29) is 36.3 Å². The summed E-state index contributed by atoms with van der Waals surface area (Å²) < 4.78 is 39.1. The van der Waals surface area contributed by atoms with E-state index in [1.807, 2.05) is 32.0 Å². The fourth-order valence-electron chi connectivity index (χ4n) is 5.38. The minimum Gasteiger partial charge on any atom is -0.493 e. The molecule has 0 spiro atoms. The van der Waals surface area contributed by atoms with Gasteiger partial charge < -0.3 is 18.9 Å². The van der Waals surface area contributed by atoms with Crippen LogP contribution in [-0.4, -0.2) is 30.4 Å². The molecule has 4 aromatic rings. The zero-order valence-electron chi connectivity index (χ0n) is 27.0. The van der Waals surface area contributed by atoms with Crippen molar-refractivity contribution in [1.82, 2.24) is 4.57 Å². The highest BCUT2D eigenvalue weighted by Gasteiger charge is 2.34. The van der Waals surface area contributed by atoms with Gasteiger partial charge in [0.2, 0.25) is 0 Å². The van der Waals surface area contributed by atoms with E-state index < -0.39 is 12.0 Å². The Kier molecular flexibility index (Phi) is 10.4. The fourth-order valence-corrected chi connectivity index (χ4v) is 6.43. The maximum atomic E-state index is 14.2. The molecule has 1 aliphatic heterocycles. The summed E-state index contributed by atoms with van der Waals surface area (Å²) in [6, 6.07) is 16.6. The first-order valence-corrected chi connectivity index (χ1v) is 16.1. The molecule has 1 atom stereocenters. The third-order valence-corrected chi connectivity index (χ3v) is 8.45. The molecule has 5 rings (SSSR count). The number of fused-ring (bicyclic) bond motifs is 1. The van der Waals surface area contributed by atoms with Gasteiger partial charge in [0.05, 0.1) is 41.7 Å². The summed E-state index contributed by atoms with van der Waals surface area (Å²) in [4.78, 5) is 32.6. The van der Waals surface area contributed by atoms with Crippen LogP contribution in [0.4, 0.5) is 4.39 Å². The van der Waals surface area contributed by atoms with Crippen LogP contribution in [0.5, 0.6) is 17.2 Å². The highest BCUT2D eigenvalue weighted by molar-refractivity contribution is 7.07. The molecular weight excluding hydrogens is 619 g/mol. The number of allylic oxidation sites excluding steroid dienone is 2. The summed E-state index contributed by atoms with van der Waals surface area (Å²) in [5, 5.41) is 0. The number of benzene rings is 3. The van der Waals surface area contributed by atoms with Crippen LogP contribution >= 0.6 is 11.3 Å². The van der Waals surface area contributed by atoms with E-state index in [1.165, 1.54) is 22.0 Å². The van der Waals surface area contributed by atoms with E-state index >= 15 is 0 Å². The Hall–Kier alpha value is -4.96. The maximum absolute atomic E-state index is 14.2. The molecule has 0 fully saturated rings. The molecule has 10 heteroatoms. The van der Waals surface area contributed by atoms with Crippen molar-refractivity contribution >= 4 is 23.4 Å². The lowest BCUT2D eigenvalue weighted by Gasteiger charge is -2.25. The molecule has 3 aromatic carbocycles. The SMILES string of the molecule is C=CCc1cc(/C=c2\sc3n(c2=O)[C@H](c2ccc(OC(C)C)c(OC)c2)C(C(=O)OCC)=C(C)N=3)ccc1OCc1ccccc1F. The number of ether oxygens (including phenoxy) is 4. The standard InChI is InChI=1S/C37H37FN2O6S/c1-7-11-25-18-24(14-16-29(25)45-21-27-12-9-10-13-28(27)38)19-32-35(41)40-34(26-15-17-30(46-22(3)4)31(20-26)43-6)33(36(42)44-8-2)23(5)39-37(40)47-32/h7,9-10,12-20,22,34H,1,8,11,21H2,2-6H3/b32-19-/t34-/m1/s1. The van der Waals surface area contributed by atoms with Gasteiger partial charge in [0.15, 0.2) is 16.3 Å². The molecule has 0 saturated carbocycles. The molecule has 244 valence electrons. The Balaban J connectivity index is 1.59.